The number of hydrogen-bond acceptors (Lipinski definition) is 5. The van der Waals surface area contributed by atoms with Gasteiger partial charge in [-0.05, 0) is 37.0 Å². The molecule has 2 fully saturated rings. The summed E-state index contributed by atoms with van der Waals surface area (Å²) in [6, 6.07) is 7.09. The lowest BCUT2D eigenvalue weighted by molar-refractivity contribution is -0.138. The second-order valence-corrected chi connectivity index (χ2v) is 7.67. The highest BCUT2D eigenvalue weighted by atomic mass is 79.9. The van der Waals surface area contributed by atoms with Crippen molar-refractivity contribution in [2.75, 3.05) is 20.1 Å². The van der Waals surface area contributed by atoms with Crippen molar-refractivity contribution in [3.8, 4) is 0 Å². The SMILES string of the molecule is CNC(=O)C1CCCN1C(=O)CNC(=O)C1CC(c2ccc(Br)cc2)NN1. The molecule has 146 valence electrons. The Balaban J connectivity index is 1.49. The Morgan fingerprint density at radius 2 is 1.93 bits per heavy atom. The first-order valence-electron chi connectivity index (χ1n) is 9.05. The zero-order valence-electron chi connectivity index (χ0n) is 15.1. The van der Waals surface area contributed by atoms with E-state index in [1.165, 1.54) is 0 Å². The summed E-state index contributed by atoms with van der Waals surface area (Å²) in [7, 11) is 1.56. The molecule has 3 amide bonds. The van der Waals surface area contributed by atoms with Crippen LogP contribution in [0.25, 0.3) is 0 Å². The Hall–Kier alpha value is -1.97. The summed E-state index contributed by atoms with van der Waals surface area (Å²) < 4.78 is 1.00. The normalized spacial score (nSPS) is 24.7. The number of likely N-dealkylation sites (N-methyl/N-ethyl adjacent to an activating group) is 1. The second kappa shape index (κ2) is 8.81. The van der Waals surface area contributed by atoms with E-state index in [0.29, 0.717) is 19.4 Å². The van der Waals surface area contributed by atoms with E-state index in [9.17, 15) is 14.4 Å². The smallest absolute Gasteiger partial charge is 0.242 e. The molecule has 0 bridgehead atoms. The minimum Gasteiger partial charge on any atom is -0.357 e. The summed E-state index contributed by atoms with van der Waals surface area (Å²) in [5.74, 6) is -0.623. The van der Waals surface area contributed by atoms with Crippen molar-refractivity contribution in [2.24, 2.45) is 0 Å². The first-order valence-corrected chi connectivity index (χ1v) is 9.84. The third-order valence-electron chi connectivity index (χ3n) is 5.03. The zero-order chi connectivity index (χ0) is 19.4. The van der Waals surface area contributed by atoms with Crippen molar-refractivity contribution in [3.05, 3.63) is 34.3 Å². The van der Waals surface area contributed by atoms with Crippen LogP contribution in [0.1, 0.15) is 30.9 Å². The van der Waals surface area contributed by atoms with Crippen molar-refractivity contribution < 1.29 is 14.4 Å². The largest absolute Gasteiger partial charge is 0.357 e. The van der Waals surface area contributed by atoms with Gasteiger partial charge in [-0.15, -0.1) is 0 Å². The van der Waals surface area contributed by atoms with Gasteiger partial charge in [0.25, 0.3) is 0 Å². The van der Waals surface area contributed by atoms with E-state index in [2.05, 4.69) is 37.4 Å². The number of carbonyl (C=O) groups excluding carboxylic acids is 3. The number of carbonyl (C=O) groups is 3. The van der Waals surface area contributed by atoms with E-state index in [1.807, 2.05) is 24.3 Å². The lowest BCUT2D eigenvalue weighted by Gasteiger charge is -2.23. The predicted octanol–water partition coefficient (Wildman–Crippen LogP) is 0.210. The number of rotatable bonds is 5. The van der Waals surface area contributed by atoms with Crippen LogP contribution in [0.3, 0.4) is 0 Å². The van der Waals surface area contributed by atoms with Gasteiger partial charge < -0.3 is 15.5 Å². The molecule has 3 unspecified atom stereocenters. The second-order valence-electron chi connectivity index (χ2n) is 6.76. The first-order chi connectivity index (χ1) is 13.0. The Bertz CT molecular complexity index is 711. The summed E-state index contributed by atoms with van der Waals surface area (Å²) in [6.07, 6.45) is 2.04. The number of nitrogens with zero attached hydrogens (tertiary/aromatic N) is 1. The van der Waals surface area contributed by atoms with Gasteiger partial charge in [-0.25, -0.2) is 10.9 Å². The number of hydrogen-bond donors (Lipinski definition) is 4. The molecule has 2 saturated heterocycles. The average molecular weight is 438 g/mol. The molecule has 0 saturated carbocycles. The zero-order valence-corrected chi connectivity index (χ0v) is 16.7. The quantitative estimate of drug-likeness (QED) is 0.527. The average Bonchev–Trinajstić information content (AvgIpc) is 3.35. The molecule has 3 rings (SSSR count). The number of benzene rings is 1. The van der Waals surface area contributed by atoms with Gasteiger partial charge in [0.15, 0.2) is 0 Å². The maximum Gasteiger partial charge on any atom is 0.242 e. The standard InChI is InChI=1S/C18H24BrN5O3/c1-20-18(27)15-3-2-8-24(15)16(25)10-21-17(26)14-9-13(22-23-14)11-4-6-12(19)7-5-11/h4-7,13-15,22-23H,2-3,8-10H2,1H3,(H,20,27)(H,21,26). The summed E-state index contributed by atoms with van der Waals surface area (Å²) in [6.45, 7) is 0.440. The first kappa shape index (κ1) is 19.8. The van der Waals surface area contributed by atoms with Crippen molar-refractivity contribution in [1.82, 2.24) is 26.4 Å². The highest BCUT2D eigenvalue weighted by molar-refractivity contribution is 9.10. The predicted molar refractivity (Wildman–Crippen MR) is 103 cm³/mol. The van der Waals surface area contributed by atoms with Crippen LogP contribution in [0.15, 0.2) is 28.7 Å². The van der Waals surface area contributed by atoms with E-state index < -0.39 is 12.1 Å². The summed E-state index contributed by atoms with van der Waals surface area (Å²) in [4.78, 5) is 38.2. The van der Waals surface area contributed by atoms with Gasteiger partial charge in [0.1, 0.15) is 12.1 Å². The molecule has 0 aromatic heterocycles. The van der Waals surface area contributed by atoms with Crippen molar-refractivity contribution in [1.29, 1.82) is 0 Å². The summed E-state index contributed by atoms with van der Waals surface area (Å²) >= 11 is 3.41. The van der Waals surface area contributed by atoms with E-state index >= 15 is 0 Å². The summed E-state index contributed by atoms with van der Waals surface area (Å²) in [5, 5.41) is 5.27. The molecule has 2 aliphatic heterocycles. The van der Waals surface area contributed by atoms with Gasteiger partial charge in [0.2, 0.25) is 17.7 Å². The van der Waals surface area contributed by atoms with Gasteiger partial charge in [-0.1, -0.05) is 28.1 Å². The Kier molecular flexibility index (Phi) is 6.46. The van der Waals surface area contributed by atoms with Crippen LogP contribution in [-0.4, -0.2) is 54.8 Å². The molecule has 8 nitrogen and oxygen atoms in total. The number of nitrogens with one attached hydrogen (secondary N) is 4. The molecular formula is C18H24BrN5O3. The number of halogens is 1. The molecule has 27 heavy (non-hydrogen) atoms. The van der Waals surface area contributed by atoms with E-state index in [-0.39, 0.29) is 30.3 Å². The highest BCUT2D eigenvalue weighted by Crippen LogP contribution is 2.24. The van der Waals surface area contributed by atoms with Crippen LogP contribution in [-0.2, 0) is 14.4 Å². The molecule has 2 aliphatic rings. The minimum atomic E-state index is -0.438. The van der Waals surface area contributed by atoms with Gasteiger partial charge in [-0.2, -0.15) is 0 Å². The molecule has 3 atom stereocenters. The van der Waals surface area contributed by atoms with E-state index in [4.69, 9.17) is 0 Å². The van der Waals surface area contributed by atoms with Crippen LogP contribution in [0.5, 0.6) is 0 Å². The molecule has 0 radical (unpaired) electrons. The number of hydrazine groups is 1. The van der Waals surface area contributed by atoms with Crippen LogP contribution in [0, 0.1) is 0 Å². The molecule has 0 spiro atoms. The maximum atomic E-state index is 12.4. The lowest BCUT2D eigenvalue weighted by atomic mass is 10.0. The fraction of sp³-hybridized carbons (Fsp3) is 0.500. The molecule has 2 heterocycles. The maximum absolute atomic E-state index is 12.4. The van der Waals surface area contributed by atoms with Crippen LogP contribution < -0.4 is 21.5 Å². The Morgan fingerprint density at radius 3 is 2.63 bits per heavy atom. The number of amides is 3. The molecule has 4 N–H and O–H groups in total. The van der Waals surface area contributed by atoms with E-state index in [1.54, 1.807) is 11.9 Å². The minimum absolute atomic E-state index is 0.0285. The topological polar surface area (TPSA) is 103 Å². The molecule has 0 aliphatic carbocycles. The fourth-order valence-electron chi connectivity index (χ4n) is 3.53. The van der Waals surface area contributed by atoms with Crippen LogP contribution >= 0.6 is 15.9 Å². The van der Waals surface area contributed by atoms with Gasteiger partial charge in [0.05, 0.1) is 6.54 Å². The van der Waals surface area contributed by atoms with Gasteiger partial charge in [-0.3, -0.25) is 14.4 Å². The molecular weight excluding hydrogens is 414 g/mol. The Morgan fingerprint density at radius 1 is 1.19 bits per heavy atom. The van der Waals surface area contributed by atoms with Crippen LogP contribution in [0.4, 0.5) is 0 Å². The molecule has 1 aromatic carbocycles. The van der Waals surface area contributed by atoms with Gasteiger partial charge in [0, 0.05) is 24.1 Å². The fourth-order valence-corrected chi connectivity index (χ4v) is 3.80. The van der Waals surface area contributed by atoms with Crippen molar-refractivity contribution in [3.63, 3.8) is 0 Å². The highest BCUT2D eigenvalue weighted by Gasteiger charge is 2.34. The third kappa shape index (κ3) is 4.66. The van der Waals surface area contributed by atoms with E-state index in [0.717, 1.165) is 16.5 Å². The molecule has 9 heteroatoms. The monoisotopic (exact) mass is 437 g/mol. The summed E-state index contributed by atoms with van der Waals surface area (Å²) in [5.41, 5.74) is 7.19. The lowest BCUT2D eigenvalue weighted by Crippen LogP contribution is -2.50. The third-order valence-corrected chi connectivity index (χ3v) is 5.56. The van der Waals surface area contributed by atoms with Gasteiger partial charge >= 0.3 is 0 Å². The van der Waals surface area contributed by atoms with Crippen molar-refractivity contribution in [2.45, 2.75) is 37.4 Å². The number of likely N-dealkylation sites (tertiary alicyclic amines) is 1. The van der Waals surface area contributed by atoms with Crippen molar-refractivity contribution >= 4 is 33.7 Å². The van der Waals surface area contributed by atoms with Crippen LogP contribution in [0.2, 0.25) is 0 Å². The molecule has 1 aromatic rings. The Labute approximate surface area is 166 Å².